The maximum absolute atomic E-state index is 14.1. The highest BCUT2D eigenvalue weighted by Crippen LogP contribution is 2.30. The van der Waals surface area contributed by atoms with E-state index in [-0.39, 0.29) is 29.9 Å². The third-order valence-corrected chi connectivity index (χ3v) is 4.89. The number of hydrogen-bond donors (Lipinski definition) is 0. The van der Waals surface area contributed by atoms with Crippen LogP contribution in [0.4, 0.5) is 15.2 Å². The minimum Gasteiger partial charge on any atom is -0.494 e. The Hall–Kier alpha value is -3.46. The lowest BCUT2D eigenvalue weighted by Crippen LogP contribution is -2.23. The van der Waals surface area contributed by atoms with Crippen LogP contribution in [0.1, 0.15) is 19.5 Å². The zero-order chi connectivity index (χ0) is 22.2. The molecule has 0 N–H and O–H groups in total. The van der Waals surface area contributed by atoms with Crippen LogP contribution in [0.2, 0.25) is 0 Å². The molecule has 0 saturated heterocycles. The second-order valence-electron chi connectivity index (χ2n) is 6.28. The van der Waals surface area contributed by atoms with Crippen molar-refractivity contribution in [2.75, 3.05) is 18.1 Å². The maximum Gasteiger partial charge on any atom is 0.344 e. The largest absolute Gasteiger partial charge is 0.494 e. The van der Waals surface area contributed by atoms with Crippen LogP contribution >= 0.6 is 11.3 Å². The van der Waals surface area contributed by atoms with E-state index in [1.165, 1.54) is 24.0 Å². The van der Waals surface area contributed by atoms with Crippen LogP contribution in [0.25, 0.3) is 0 Å². The Morgan fingerprint density at radius 2 is 1.74 bits per heavy atom. The molecular weight excluding hydrogens is 423 g/mol. The van der Waals surface area contributed by atoms with E-state index in [2.05, 4.69) is 4.98 Å². The molecule has 0 aliphatic heterocycles. The van der Waals surface area contributed by atoms with Crippen molar-refractivity contribution in [3.8, 4) is 11.5 Å². The van der Waals surface area contributed by atoms with Gasteiger partial charge < -0.3 is 14.2 Å². The molecule has 1 heterocycles. The molecule has 2 aromatic carbocycles. The fourth-order valence-electron chi connectivity index (χ4n) is 2.64. The molecule has 162 valence electrons. The second kappa shape index (κ2) is 10.5. The van der Waals surface area contributed by atoms with Crippen LogP contribution in [0.15, 0.2) is 53.9 Å². The molecule has 31 heavy (non-hydrogen) atoms. The predicted octanol–water partition coefficient (Wildman–Crippen LogP) is 4.49. The number of esters is 1. The van der Waals surface area contributed by atoms with Gasteiger partial charge in [0.25, 0.3) is 0 Å². The number of amides is 1. The van der Waals surface area contributed by atoms with E-state index in [9.17, 15) is 14.0 Å². The van der Waals surface area contributed by atoms with Gasteiger partial charge in [-0.3, -0.25) is 9.69 Å². The molecule has 7 nitrogen and oxygen atoms in total. The highest BCUT2D eigenvalue weighted by molar-refractivity contribution is 7.14. The number of benzene rings is 2. The van der Waals surface area contributed by atoms with E-state index in [0.29, 0.717) is 23.8 Å². The number of aromatic nitrogens is 1. The second-order valence-corrected chi connectivity index (χ2v) is 7.12. The standard InChI is InChI=1S/C22H21FN2O5S/c1-3-28-17-8-10-18(11-9-17)29-13-21(27)30-12-16-14-31-22(24-16)25(15(2)26)20-7-5-4-6-19(20)23/h4-11,14H,3,12-13H2,1-2H3. The molecule has 0 radical (unpaired) electrons. The van der Waals surface area contributed by atoms with Gasteiger partial charge in [0.1, 0.15) is 23.9 Å². The van der Waals surface area contributed by atoms with Gasteiger partial charge in [0.2, 0.25) is 5.91 Å². The molecule has 0 aliphatic rings. The third-order valence-electron chi connectivity index (χ3n) is 4.01. The van der Waals surface area contributed by atoms with Crippen LogP contribution in [0.3, 0.4) is 0 Å². The molecule has 9 heteroatoms. The quantitative estimate of drug-likeness (QED) is 0.453. The SMILES string of the molecule is CCOc1ccc(OCC(=O)OCc2csc(N(C(C)=O)c3ccccc3F)n2)cc1. The Morgan fingerprint density at radius 1 is 1.06 bits per heavy atom. The molecule has 0 aliphatic carbocycles. The summed E-state index contributed by atoms with van der Waals surface area (Å²) in [7, 11) is 0. The van der Waals surface area contributed by atoms with Gasteiger partial charge in [-0.25, -0.2) is 14.2 Å². The fraction of sp³-hybridized carbons (Fsp3) is 0.227. The molecule has 0 spiro atoms. The lowest BCUT2D eigenvalue weighted by molar-refractivity contribution is -0.147. The van der Waals surface area contributed by atoms with Crippen molar-refractivity contribution >= 4 is 34.0 Å². The van der Waals surface area contributed by atoms with Crippen LogP contribution in [-0.2, 0) is 20.9 Å². The Labute approximate surface area is 183 Å². The number of thiazole rings is 1. The topological polar surface area (TPSA) is 78.0 Å². The van der Waals surface area contributed by atoms with Gasteiger partial charge >= 0.3 is 5.97 Å². The van der Waals surface area contributed by atoms with E-state index < -0.39 is 11.8 Å². The van der Waals surface area contributed by atoms with Gasteiger partial charge in [-0.05, 0) is 43.3 Å². The summed E-state index contributed by atoms with van der Waals surface area (Å²) in [5.74, 6) is -0.259. The van der Waals surface area contributed by atoms with E-state index >= 15 is 0 Å². The Kier molecular flexibility index (Phi) is 7.55. The number of nitrogens with zero attached hydrogens (tertiary/aromatic N) is 2. The zero-order valence-electron chi connectivity index (χ0n) is 17.0. The lowest BCUT2D eigenvalue weighted by Gasteiger charge is -2.18. The summed E-state index contributed by atoms with van der Waals surface area (Å²) in [6, 6.07) is 12.8. The van der Waals surface area contributed by atoms with Crippen molar-refractivity contribution in [1.82, 2.24) is 4.98 Å². The van der Waals surface area contributed by atoms with E-state index in [0.717, 1.165) is 11.3 Å². The first-order valence-corrected chi connectivity index (χ1v) is 10.4. The Morgan fingerprint density at radius 3 is 2.39 bits per heavy atom. The molecule has 0 bridgehead atoms. The summed E-state index contributed by atoms with van der Waals surface area (Å²) in [6.07, 6.45) is 0. The van der Waals surface area contributed by atoms with Crippen LogP contribution in [0, 0.1) is 5.82 Å². The van der Waals surface area contributed by atoms with Crippen LogP contribution in [0.5, 0.6) is 11.5 Å². The molecule has 1 amide bonds. The first kappa shape index (κ1) is 22.2. The Balaban J connectivity index is 1.55. The van der Waals surface area contributed by atoms with E-state index in [1.54, 1.807) is 41.8 Å². The average molecular weight is 444 g/mol. The molecule has 0 atom stereocenters. The molecule has 3 aromatic rings. The summed E-state index contributed by atoms with van der Waals surface area (Å²) in [5.41, 5.74) is 0.550. The minimum absolute atomic E-state index is 0.0923. The Bertz CT molecular complexity index is 1040. The smallest absolute Gasteiger partial charge is 0.344 e. The van der Waals surface area contributed by atoms with Crippen molar-refractivity contribution in [2.24, 2.45) is 0 Å². The number of para-hydroxylation sites is 1. The van der Waals surface area contributed by atoms with Crippen molar-refractivity contribution in [3.63, 3.8) is 0 Å². The van der Waals surface area contributed by atoms with Gasteiger partial charge in [0.15, 0.2) is 11.7 Å². The predicted molar refractivity (Wildman–Crippen MR) is 114 cm³/mol. The van der Waals surface area contributed by atoms with Crippen molar-refractivity contribution in [1.29, 1.82) is 0 Å². The number of ether oxygens (including phenoxy) is 3. The van der Waals surface area contributed by atoms with Crippen molar-refractivity contribution in [2.45, 2.75) is 20.5 Å². The number of anilines is 2. The van der Waals surface area contributed by atoms with Gasteiger partial charge in [-0.1, -0.05) is 12.1 Å². The summed E-state index contributed by atoms with van der Waals surface area (Å²) in [4.78, 5) is 29.5. The molecule has 0 unspecified atom stereocenters. The highest BCUT2D eigenvalue weighted by atomic mass is 32.1. The molecule has 1 aromatic heterocycles. The maximum atomic E-state index is 14.1. The van der Waals surface area contributed by atoms with Gasteiger partial charge in [-0.15, -0.1) is 11.3 Å². The van der Waals surface area contributed by atoms with E-state index in [4.69, 9.17) is 14.2 Å². The average Bonchev–Trinajstić information content (AvgIpc) is 3.22. The summed E-state index contributed by atoms with van der Waals surface area (Å²) in [6.45, 7) is 3.43. The number of rotatable bonds is 9. The first-order chi connectivity index (χ1) is 15.0. The molecular formula is C22H21FN2O5S. The lowest BCUT2D eigenvalue weighted by atomic mass is 10.3. The normalized spacial score (nSPS) is 10.4. The minimum atomic E-state index is -0.569. The first-order valence-electron chi connectivity index (χ1n) is 9.49. The summed E-state index contributed by atoms with van der Waals surface area (Å²) in [5, 5.41) is 1.93. The zero-order valence-corrected chi connectivity index (χ0v) is 17.9. The van der Waals surface area contributed by atoms with Gasteiger partial charge in [0, 0.05) is 12.3 Å². The number of carbonyl (C=O) groups excluding carboxylic acids is 2. The fourth-order valence-corrected chi connectivity index (χ4v) is 3.51. The van der Waals surface area contributed by atoms with Crippen LogP contribution in [-0.4, -0.2) is 30.1 Å². The third kappa shape index (κ3) is 6.02. The van der Waals surface area contributed by atoms with Gasteiger partial charge in [0.05, 0.1) is 18.0 Å². The monoisotopic (exact) mass is 444 g/mol. The van der Waals surface area contributed by atoms with Gasteiger partial charge in [-0.2, -0.15) is 0 Å². The molecule has 3 rings (SSSR count). The van der Waals surface area contributed by atoms with E-state index in [1.807, 2.05) is 6.92 Å². The summed E-state index contributed by atoms with van der Waals surface area (Å²) >= 11 is 1.15. The molecule has 0 saturated carbocycles. The van der Waals surface area contributed by atoms with Crippen molar-refractivity contribution in [3.05, 3.63) is 65.4 Å². The number of halogens is 1. The number of carbonyl (C=O) groups is 2. The van der Waals surface area contributed by atoms with Crippen molar-refractivity contribution < 1.29 is 28.2 Å². The molecule has 0 fully saturated rings. The number of hydrogen-bond acceptors (Lipinski definition) is 7. The van der Waals surface area contributed by atoms with Crippen LogP contribution < -0.4 is 14.4 Å². The highest BCUT2D eigenvalue weighted by Gasteiger charge is 2.21. The summed E-state index contributed by atoms with van der Waals surface area (Å²) < 4.78 is 30.0.